The van der Waals surface area contributed by atoms with Crippen LogP contribution in [0.3, 0.4) is 0 Å². The van der Waals surface area contributed by atoms with E-state index in [2.05, 4.69) is 10.2 Å². The number of hydrogen-bond donors (Lipinski definition) is 0. The highest BCUT2D eigenvalue weighted by molar-refractivity contribution is 7.98. The Balaban J connectivity index is 1.57. The summed E-state index contributed by atoms with van der Waals surface area (Å²) in [6.07, 6.45) is 0. The molecule has 3 aromatic carbocycles. The van der Waals surface area contributed by atoms with E-state index in [1.807, 2.05) is 59.2 Å². The number of benzene rings is 3. The van der Waals surface area contributed by atoms with Crippen LogP contribution in [0.4, 0.5) is 0 Å². The highest BCUT2D eigenvalue weighted by Gasteiger charge is 2.19. The summed E-state index contributed by atoms with van der Waals surface area (Å²) in [5, 5.41) is 11.2. The van der Waals surface area contributed by atoms with Gasteiger partial charge in [-0.2, -0.15) is 0 Å². The minimum Gasteiger partial charge on any atom is -0.299 e. The summed E-state index contributed by atoms with van der Waals surface area (Å²) >= 11 is 14.0. The van der Waals surface area contributed by atoms with Crippen LogP contribution in [-0.2, 0) is 12.8 Å². The number of halogens is 2. The maximum atomic E-state index is 12.8. The van der Waals surface area contributed by atoms with Crippen molar-refractivity contribution >= 4 is 45.9 Å². The second-order valence-electron chi connectivity index (χ2n) is 7.30. The second kappa shape index (κ2) is 9.02. The molecule has 9 heteroatoms. The number of rotatable bonds is 5. The third-order valence-electron chi connectivity index (χ3n) is 5.23. The van der Waals surface area contributed by atoms with Gasteiger partial charge in [-0.1, -0.05) is 65.3 Å². The van der Waals surface area contributed by atoms with Crippen molar-refractivity contribution in [2.75, 3.05) is 0 Å². The monoisotopic (exact) mass is 493 g/mol. The Morgan fingerprint density at radius 1 is 0.939 bits per heavy atom. The molecule has 0 spiro atoms. The Labute approximate surface area is 203 Å². The molecule has 6 nitrogen and oxygen atoms in total. The molecule has 0 saturated carbocycles. The Morgan fingerprint density at radius 3 is 2.48 bits per heavy atom. The van der Waals surface area contributed by atoms with Crippen molar-refractivity contribution in [2.45, 2.75) is 10.9 Å². The molecule has 5 rings (SSSR count). The maximum absolute atomic E-state index is 12.8. The van der Waals surface area contributed by atoms with E-state index in [-0.39, 0.29) is 5.56 Å². The molecule has 0 bridgehead atoms. The van der Waals surface area contributed by atoms with Gasteiger partial charge in [0, 0.05) is 23.3 Å². The third kappa shape index (κ3) is 4.15. The van der Waals surface area contributed by atoms with Gasteiger partial charge >= 0.3 is 0 Å². The fraction of sp³-hybridized carbons (Fsp3) is 0.0833. The van der Waals surface area contributed by atoms with E-state index in [1.54, 1.807) is 29.8 Å². The highest BCUT2D eigenvalue weighted by Crippen LogP contribution is 2.34. The minimum absolute atomic E-state index is 0.0747. The molecule has 2 aromatic heterocycles. The predicted molar refractivity (Wildman–Crippen MR) is 133 cm³/mol. The van der Waals surface area contributed by atoms with Crippen molar-refractivity contribution < 1.29 is 0 Å². The molecular weight excluding hydrogens is 477 g/mol. The van der Waals surface area contributed by atoms with Gasteiger partial charge < -0.3 is 0 Å². The Kier molecular flexibility index (Phi) is 5.93. The molecule has 0 saturated heterocycles. The first kappa shape index (κ1) is 21.7. The van der Waals surface area contributed by atoms with Crippen LogP contribution < -0.4 is 5.56 Å². The van der Waals surface area contributed by atoms with E-state index < -0.39 is 0 Å². The summed E-state index contributed by atoms with van der Waals surface area (Å²) in [5.41, 5.74) is 2.22. The van der Waals surface area contributed by atoms with Gasteiger partial charge in [0.1, 0.15) is 5.82 Å². The molecule has 0 aliphatic heterocycles. The first-order valence-electron chi connectivity index (χ1n) is 10.1. The van der Waals surface area contributed by atoms with Crippen LogP contribution in [0.5, 0.6) is 0 Å². The average Bonchev–Trinajstić information content (AvgIpc) is 3.24. The van der Waals surface area contributed by atoms with Gasteiger partial charge in [0.2, 0.25) is 0 Å². The van der Waals surface area contributed by atoms with E-state index in [0.717, 1.165) is 11.3 Å². The fourth-order valence-electron chi connectivity index (χ4n) is 3.54. The Bertz CT molecular complexity index is 1530. The number of aromatic nitrogens is 5. The third-order valence-corrected chi connectivity index (χ3v) is 6.70. The van der Waals surface area contributed by atoms with Crippen molar-refractivity contribution in [3.8, 4) is 17.1 Å². The van der Waals surface area contributed by atoms with Gasteiger partial charge in [0.15, 0.2) is 11.0 Å². The second-order valence-corrected chi connectivity index (χ2v) is 9.09. The zero-order chi connectivity index (χ0) is 22.9. The molecular formula is C24H17Cl2N5OS. The number of para-hydroxylation sites is 2. The number of thioether (sulfide) groups is 1. The molecule has 0 aliphatic rings. The van der Waals surface area contributed by atoms with Crippen LogP contribution in [0.15, 0.2) is 82.7 Å². The van der Waals surface area contributed by atoms with E-state index in [4.69, 9.17) is 28.2 Å². The first-order valence-corrected chi connectivity index (χ1v) is 11.8. The lowest BCUT2D eigenvalue weighted by Gasteiger charge is -2.12. The van der Waals surface area contributed by atoms with Crippen LogP contribution in [0.2, 0.25) is 10.0 Å². The summed E-state index contributed by atoms with van der Waals surface area (Å²) in [5.74, 6) is 1.69. The molecule has 0 N–H and O–H groups in total. The van der Waals surface area contributed by atoms with E-state index >= 15 is 0 Å². The lowest BCUT2D eigenvalue weighted by atomic mass is 10.2. The largest absolute Gasteiger partial charge is 0.299 e. The van der Waals surface area contributed by atoms with Crippen LogP contribution in [-0.4, -0.2) is 24.3 Å². The summed E-state index contributed by atoms with van der Waals surface area (Å²) in [6, 6.07) is 22.4. The zero-order valence-electron chi connectivity index (χ0n) is 17.4. The molecule has 33 heavy (non-hydrogen) atoms. The molecule has 0 aliphatic carbocycles. The van der Waals surface area contributed by atoms with Gasteiger partial charge in [-0.05, 0) is 42.5 Å². The van der Waals surface area contributed by atoms with E-state index in [0.29, 0.717) is 43.5 Å². The predicted octanol–water partition coefficient (Wildman–Crippen LogP) is 5.78. The summed E-state index contributed by atoms with van der Waals surface area (Å²) in [4.78, 5) is 17.4. The SMILES string of the molecule is Cn1c(CSc2nnc(-c3ccc(Cl)cc3Cl)n2-c2ccccc2)nc2ccccc2c1=O. The fourth-order valence-corrected chi connectivity index (χ4v) is 4.97. The van der Waals surface area contributed by atoms with Crippen LogP contribution in [0, 0.1) is 0 Å². The van der Waals surface area contributed by atoms with E-state index in [9.17, 15) is 4.79 Å². The number of nitrogens with zero attached hydrogens (tertiary/aromatic N) is 5. The molecule has 2 heterocycles. The normalized spacial score (nSPS) is 11.2. The number of fused-ring (bicyclic) bond motifs is 1. The van der Waals surface area contributed by atoms with Gasteiger partial charge in [0.05, 0.1) is 21.7 Å². The topological polar surface area (TPSA) is 65.6 Å². The standard InChI is InChI=1S/C24H17Cl2N5OS/c1-30-21(27-20-10-6-5-9-18(20)23(30)32)14-33-24-29-28-22(17-12-11-15(25)13-19(17)26)31(24)16-7-3-2-4-8-16/h2-13H,14H2,1H3. The van der Waals surface area contributed by atoms with Crippen LogP contribution in [0.25, 0.3) is 28.0 Å². The Morgan fingerprint density at radius 2 is 1.70 bits per heavy atom. The van der Waals surface area contributed by atoms with Crippen LogP contribution >= 0.6 is 35.0 Å². The lowest BCUT2D eigenvalue weighted by Crippen LogP contribution is -2.22. The van der Waals surface area contributed by atoms with Crippen LogP contribution in [0.1, 0.15) is 5.82 Å². The molecule has 5 aromatic rings. The average molecular weight is 494 g/mol. The summed E-state index contributed by atoms with van der Waals surface area (Å²) in [7, 11) is 1.73. The van der Waals surface area contributed by atoms with Gasteiger partial charge in [-0.15, -0.1) is 10.2 Å². The van der Waals surface area contributed by atoms with Gasteiger partial charge in [-0.3, -0.25) is 13.9 Å². The quantitative estimate of drug-likeness (QED) is 0.290. The molecule has 0 fully saturated rings. The maximum Gasteiger partial charge on any atom is 0.261 e. The minimum atomic E-state index is -0.0747. The van der Waals surface area contributed by atoms with Crippen molar-refractivity contribution in [3.05, 3.63) is 99.0 Å². The molecule has 0 atom stereocenters. The molecule has 0 unspecified atom stereocenters. The number of hydrogen-bond acceptors (Lipinski definition) is 5. The smallest absolute Gasteiger partial charge is 0.261 e. The molecule has 0 radical (unpaired) electrons. The van der Waals surface area contributed by atoms with Gasteiger partial charge in [-0.25, -0.2) is 4.98 Å². The summed E-state index contributed by atoms with van der Waals surface area (Å²) in [6.45, 7) is 0. The van der Waals surface area contributed by atoms with Crippen molar-refractivity contribution in [1.82, 2.24) is 24.3 Å². The Hall–Kier alpha value is -3.13. The highest BCUT2D eigenvalue weighted by atomic mass is 35.5. The van der Waals surface area contributed by atoms with Crippen molar-refractivity contribution in [1.29, 1.82) is 0 Å². The van der Waals surface area contributed by atoms with Crippen molar-refractivity contribution in [3.63, 3.8) is 0 Å². The van der Waals surface area contributed by atoms with E-state index in [1.165, 1.54) is 11.8 Å². The van der Waals surface area contributed by atoms with Crippen molar-refractivity contribution in [2.24, 2.45) is 7.05 Å². The summed E-state index contributed by atoms with van der Waals surface area (Å²) < 4.78 is 3.52. The first-order chi connectivity index (χ1) is 16.0. The lowest BCUT2D eigenvalue weighted by molar-refractivity contribution is 0.782. The zero-order valence-corrected chi connectivity index (χ0v) is 19.8. The molecule has 164 valence electrons. The molecule has 0 amide bonds. The van der Waals surface area contributed by atoms with Gasteiger partial charge in [0.25, 0.3) is 5.56 Å².